The molecule has 4 rings (SSSR count). The first kappa shape index (κ1) is 21.8. The Bertz CT molecular complexity index is 918. The molecule has 0 bridgehead atoms. The van der Waals surface area contributed by atoms with Crippen LogP contribution in [0.25, 0.3) is 0 Å². The van der Waals surface area contributed by atoms with Gasteiger partial charge in [-0.25, -0.2) is 0 Å². The van der Waals surface area contributed by atoms with E-state index >= 15 is 0 Å². The first-order chi connectivity index (χ1) is 14.9. The van der Waals surface area contributed by atoms with E-state index in [0.717, 1.165) is 50.1 Å². The maximum atomic E-state index is 13.2. The number of likely N-dealkylation sites (N-methyl/N-ethyl adjacent to an activating group) is 1. The van der Waals surface area contributed by atoms with Crippen LogP contribution < -0.4 is 4.74 Å². The highest BCUT2D eigenvalue weighted by Crippen LogP contribution is 2.54. The minimum Gasteiger partial charge on any atom is -0.497 e. The number of ether oxygens (including phenoxy) is 2. The van der Waals surface area contributed by atoms with Crippen LogP contribution in [0.2, 0.25) is 0 Å². The fourth-order valence-electron chi connectivity index (χ4n) is 5.88. The van der Waals surface area contributed by atoms with Gasteiger partial charge in [-0.15, -0.1) is 0 Å². The molecule has 3 atom stereocenters. The zero-order valence-corrected chi connectivity index (χ0v) is 19.1. The lowest BCUT2D eigenvalue weighted by Crippen LogP contribution is -2.67. The number of likely N-dealkylation sites (tertiary alicyclic amines) is 1. The average molecular weight is 423 g/mol. The molecule has 0 spiro atoms. The van der Waals surface area contributed by atoms with Crippen LogP contribution in [0.4, 0.5) is 0 Å². The van der Waals surface area contributed by atoms with Crippen LogP contribution >= 0.6 is 0 Å². The summed E-state index contributed by atoms with van der Waals surface area (Å²) in [7, 11) is 7.69. The summed E-state index contributed by atoms with van der Waals surface area (Å²) < 4.78 is 11.9. The standard InChI is InChI=1S/C26H34N2O3/c1-27-16-15-25(21-11-8-12-23(17-21)30-3)18-22(13-14-26(25,19-27)31-4)28(2)24(29)20-9-6-5-7-10-20/h5-12,17,22H,13-16,18-19H2,1-4H3/t22-,25?,26?/m1/s1. The number of nitrogens with zero attached hydrogens (tertiary/aromatic N) is 2. The monoisotopic (exact) mass is 422 g/mol. The predicted octanol–water partition coefficient (Wildman–Crippen LogP) is 3.98. The smallest absolute Gasteiger partial charge is 0.253 e. The van der Waals surface area contributed by atoms with E-state index in [4.69, 9.17) is 9.47 Å². The second-order valence-corrected chi connectivity index (χ2v) is 9.18. The molecule has 2 fully saturated rings. The Hall–Kier alpha value is -2.37. The molecular formula is C26H34N2O3. The highest BCUT2D eigenvalue weighted by molar-refractivity contribution is 5.94. The van der Waals surface area contributed by atoms with Crippen molar-refractivity contribution >= 4 is 5.91 Å². The Kier molecular flexibility index (Phi) is 6.09. The third kappa shape index (κ3) is 3.74. The van der Waals surface area contributed by atoms with Crippen molar-refractivity contribution in [2.24, 2.45) is 0 Å². The minimum absolute atomic E-state index is 0.0873. The van der Waals surface area contributed by atoms with Crippen molar-refractivity contribution in [2.45, 2.75) is 42.7 Å². The molecule has 0 N–H and O–H groups in total. The van der Waals surface area contributed by atoms with Crippen molar-refractivity contribution in [1.82, 2.24) is 9.80 Å². The predicted molar refractivity (Wildman–Crippen MR) is 123 cm³/mol. The Labute approximate surface area is 185 Å². The van der Waals surface area contributed by atoms with Crippen molar-refractivity contribution in [1.29, 1.82) is 0 Å². The molecule has 2 aromatic carbocycles. The normalized spacial score (nSPS) is 28.6. The van der Waals surface area contributed by atoms with Gasteiger partial charge in [0.15, 0.2) is 0 Å². The van der Waals surface area contributed by atoms with Crippen molar-refractivity contribution < 1.29 is 14.3 Å². The van der Waals surface area contributed by atoms with E-state index in [9.17, 15) is 4.79 Å². The van der Waals surface area contributed by atoms with E-state index in [0.29, 0.717) is 0 Å². The molecule has 1 aliphatic heterocycles. The summed E-state index contributed by atoms with van der Waals surface area (Å²) in [6, 6.07) is 18.2. The average Bonchev–Trinajstić information content (AvgIpc) is 2.83. The van der Waals surface area contributed by atoms with Gasteiger partial charge in [-0.3, -0.25) is 4.79 Å². The number of carbonyl (C=O) groups excluding carboxylic acids is 1. The maximum Gasteiger partial charge on any atom is 0.253 e. The molecule has 0 radical (unpaired) electrons. The number of rotatable bonds is 5. The van der Waals surface area contributed by atoms with Gasteiger partial charge >= 0.3 is 0 Å². The van der Waals surface area contributed by atoms with Gasteiger partial charge in [0, 0.05) is 37.7 Å². The molecule has 1 aliphatic carbocycles. The zero-order chi connectivity index (χ0) is 22.1. The van der Waals surface area contributed by atoms with Gasteiger partial charge in [0.2, 0.25) is 0 Å². The molecule has 1 saturated carbocycles. The van der Waals surface area contributed by atoms with Gasteiger partial charge in [0.05, 0.1) is 12.7 Å². The van der Waals surface area contributed by atoms with Crippen molar-refractivity contribution in [3.63, 3.8) is 0 Å². The van der Waals surface area contributed by atoms with Crippen LogP contribution in [0.5, 0.6) is 5.75 Å². The number of carbonyl (C=O) groups is 1. The molecular weight excluding hydrogens is 388 g/mol. The number of piperidine rings is 1. The van der Waals surface area contributed by atoms with E-state index in [-0.39, 0.29) is 23.0 Å². The molecule has 2 aliphatic rings. The Balaban J connectivity index is 1.72. The molecule has 0 aromatic heterocycles. The summed E-state index contributed by atoms with van der Waals surface area (Å²) in [5.74, 6) is 0.955. The maximum absolute atomic E-state index is 13.2. The number of benzene rings is 2. The number of hydrogen-bond acceptors (Lipinski definition) is 4. The molecule has 31 heavy (non-hydrogen) atoms. The molecule has 5 heteroatoms. The SMILES string of the molecule is COc1cccc(C23CCN(C)CC2(OC)CC[C@@H](N(C)C(=O)c2ccccc2)C3)c1. The second-order valence-electron chi connectivity index (χ2n) is 9.18. The van der Waals surface area contributed by atoms with Gasteiger partial charge in [0.1, 0.15) is 5.75 Å². The lowest BCUT2D eigenvalue weighted by molar-refractivity contribution is -0.149. The minimum atomic E-state index is -0.278. The fourth-order valence-corrected chi connectivity index (χ4v) is 5.88. The van der Waals surface area contributed by atoms with Gasteiger partial charge in [-0.1, -0.05) is 30.3 Å². The summed E-state index contributed by atoms with van der Waals surface area (Å²) in [5, 5.41) is 0. The summed E-state index contributed by atoms with van der Waals surface area (Å²) in [4.78, 5) is 17.5. The lowest BCUT2D eigenvalue weighted by atomic mass is 9.55. The first-order valence-corrected chi connectivity index (χ1v) is 11.2. The number of methoxy groups -OCH3 is 2. The Morgan fingerprint density at radius 3 is 2.58 bits per heavy atom. The third-order valence-corrected chi connectivity index (χ3v) is 7.69. The summed E-state index contributed by atoms with van der Waals surface area (Å²) in [5.41, 5.74) is 1.55. The summed E-state index contributed by atoms with van der Waals surface area (Å²) in [6.45, 7) is 1.90. The molecule has 1 heterocycles. The van der Waals surface area contributed by atoms with E-state index in [1.807, 2.05) is 55.5 Å². The van der Waals surface area contributed by atoms with Gasteiger partial charge in [-0.2, -0.15) is 0 Å². The lowest BCUT2D eigenvalue weighted by Gasteiger charge is -2.60. The van der Waals surface area contributed by atoms with Crippen molar-refractivity contribution in [3.05, 3.63) is 65.7 Å². The van der Waals surface area contributed by atoms with E-state index < -0.39 is 0 Å². The molecule has 5 nitrogen and oxygen atoms in total. The van der Waals surface area contributed by atoms with Crippen LogP contribution in [0.1, 0.15) is 41.6 Å². The quantitative estimate of drug-likeness (QED) is 0.731. The fraction of sp³-hybridized carbons (Fsp3) is 0.500. The molecule has 1 saturated heterocycles. The third-order valence-electron chi connectivity index (χ3n) is 7.69. The van der Waals surface area contributed by atoms with Crippen molar-refractivity contribution in [2.75, 3.05) is 41.4 Å². The molecule has 2 unspecified atom stereocenters. The largest absolute Gasteiger partial charge is 0.497 e. The highest BCUT2D eigenvalue weighted by atomic mass is 16.5. The van der Waals surface area contributed by atoms with Crippen LogP contribution in [-0.4, -0.2) is 68.8 Å². The first-order valence-electron chi connectivity index (χ1n) is 11.2. The number of hydrogen-bond donors (Lipinski definition) is 0. The molecule has 166 valence electrons. The van der Waals surface area contributed by atoms with E-state index in [1.54, 1.807) is 7.11 Å². The number of fused-ring (bicyclic) bond motifs is 1. The topological polar surface area (TPSA) is 42.0 Å². The number of amides is 1. The highest BCUT2D eigenvalue weighted by Gasteiger charge is 2.59. The van der Waals surface area contributed by atoms with Crippen LogP contribution in [0.15, 0.2) is 54.6 Å². The summed E-state index contributed by atoms with van der Waals surface area (Å²) in [6.07, 6.45) is 3.73. The summed E-state index contributed by atoms with van der Waals surface area (Å²) >= 11 is 0. The second kappa shape index (κ2) is 8.64. The van der Waals surface area contributed by atoms with Crippen LogP contribution in [-0.2, 0) is 10.2 Å². The van der Waals surface area contributed by atoms with Crippen LogP contribution in [0.3, 0.4) is 0 Å². The van der Waals surface area contributed by atoms with Gasteiger partial charge < -0.3 is 19.3 Å². The van der Waals surface area contributed by atoms with E-state index in [2.05, 4.69) is 30.1 Å². The Morgan fingerprint density at radius 2 is 1.87 bits per heavy atom. The van der Waals surface area contributed by atoms with Crippen LogP contribution in [0, 0.1) is 0 Å². The zero-order valence-electron chi connectivity index (χ0n) is 19.1. The van der Waals surface area contributed by atoms with Gasteiger partial charge in [-0.05, 0) is 69.1 Å². The molecule has 1 amide bonds. The Morgan fingerprint density at radius 1 is 1.10 bits per heavy atom. The van der Waals surface area contributed by atoms with E-state index in [1.165, 1.54) is 5.56 Å². The molecule has 2 aromatic rings. The van der Waals surface area contributed by atoms with Gasteiger partial charge in [0.25, 0.3) is 5.91 Å². The van der Waals surface area contributed by atoms with Crippen molar-refractivity contribution in [3.8, 4) is 5.75 Å².